The topological polar surface area (TPSA) is 12.0 Å². The smallest absolute Gasteiger partial charge is 0.0731 e. The Hall–Kier alpha value is -0.680. The summed E-state index contributed by atoms with van der Waals surface area (Å²) in [6, 6.07) is 11.3. The van der Waals surface area contributed by atoms with E-state index < -0.39 is 0 Å². The van der Waals surface area contributed by atoms with Crippen LogP contribution in [0.5, 0.6) is 0 Å². The summed E-state index contributed by atoms with van der Waals surface area (Å²) in [5, 5.41) is 7.14. The third-order valence-electron chi connectivity index (χ3n) is 3.39. The maximum Gasteiger partial charge on any atom is 0.0731 e. The zero-order chi connectivity index (χ0) is 14.1. The molecule has 0 radical (unpaired) electrons. The largest absolute Gasteiger partial charge is 0.306 e. The molecule has 0 aliphatic rings. The molecule has 0 saturated heterocycles. The third kappa shape index (κ3) is 2.58. The van der Waals surface area contributed by atoms with Gasteiger partial charge in [-0.25, -0.2) is 0 Å². The Morgan fingerprint density at radius 2 is 2.15 bits per heavy atom. The van der Waals surface area contributed by atoms with Crippen LogP contribution in [0, 0.1) is 6.92 Å². The highest BCUT2D eigenvalue weighted by molar-refractivity contribution is 9.11. The SMILES string of the molecule is CCNC(c1cc(C)c(Br)s1)c1cccc2ccsc12. The number of thiophene rings is 2. The van der Waals surface area contributed by atoms with Gasteiger partial charge in [0.2, 0.25) is 0 Å². The van der Waals surface area contributed by atoms with Crippen LogP contribution in [0.2, 0.25) is 0 Å². The number of benzene rings is 1. The molecular formula is C16H16BrNS2. The molecule has 0 aliphatic heterocycles. The molecule has 0 saturated carbocycles. The van der Waals surface area contributed by atoms with Crippen LogP contribution in [0.25, 0.3) is 10.1 Å². The number of nitrogens with one attached hydrogen (secondary N) is 1. The first kappa shape index (κ1) is 14.3. The number of hydrogen-bond donors (Lipinski definition) is 1. The van der Waals surface area contributed by atoms with E-state index in [0.717, 1.165) is 6.54 Å². The molecule has 0 fully saturated rings. The maximum atomic E-state index is 3.64. The fourth-order valence-electron chi connectivity index (χ4n) is 2.44. The standard InChI is InChI=1S/C16H16BrNS2/c1-3-18-14(13-9-10(2)16(17)20-13)12-6-4-5-11-7-8-19-15(11)12/h4-9,14,18H,3H2,1-2H3. The zero-order valence-corrected chi connectivity index (χ0v) is 14.7. The quantitative estimate of drug-likeness (QED) is 0.622. The Labute approximate surface area is 135 Å². The summed E-state index contributed by atoms with van der Waals surface area (Å²) < 4.78 is 2.62. The molecule has 1 atom stereocenters. The Balaban J connectivity index is 2.12. The molecule has 4 heteroatoms. The van der Waals surface area contributed by atoms with Crippen molar-refractivity contribution in [1.82, 2.24) is 5.32 Å². The second-order valence-corrected chi connectivity index (χ2v) is 8.10. The highest BCUT2D eigenvalue weighted by Crippen LogP contribution is 2.37. The van der Waals surface area contributed by atoms with E-state index in [1.165, 1.54) is 29.9 Å². The highest BCUT2D eigenvalue weighted by atomic mass is 79.9. The van der Waals surface area contributed by atoms with Crippen LogP contribution in [0.15, 0.2) is 39.5 Å². The van der Waals surface area contributed by atoms with E-state index in [4.69, 9.17) is 0 Å². The van der Waals surface area contributed by atoms with Crippen molar-refractivity contribution in [2.75, 3.05) is 6.54 Å². The molecule has 2 aromatic heterocycles. The van der Waals surface area contributed by atoms with Crippen molar-refractivity contribution >= 4 is 48.7 Å². The van der Waals surface area contributed by atoms with E-state index in [1.807, 2.05) is 22.7 Å². The van der Waals surface area contributed by atoms with E-state index in [1.54, 1.807) is 0 Å². The van der Waals surface area contributed by atoms with Crippen LogP contribution >= 0.6 is 38.6 Å². The molecule has 0 spiro atoms. The molecule has 1 N–H and O–H groups in total. The van der Waals surface area contributed by atoms with E-state index >= 15 is 0 Å². The van der Waals surface area contributed by atoms with Crippen LogP contribution < -0.4 is 5.32 Å². The predicted octanol–water partition coefficient (Wildman–Crippen LogP) is 5.73. The summed E-state index contributed by atoms with van der Waals surface area (Å²) in [5.74, 6) is 0. The summed E-state index contributed by atoms with van der Waals surface area (Å²) in [6.07, 6.45) is 0. The normalized spacial score (nSPS) is 12.9. The lowest BCUT2D eigenvalue weighted by Crippen LogP contribution is -2.21. The Kier molecular flexibility index (Phi) is 4.26. The molecule has 1 aromatic carbocycles. The first-order valence-corrected chi connectivity index (χ1v) is 9.15. The van der Waals surface area contributed by atoms with E-state index in [9.17, 15) is 0 Å². The van der Waals surface area contributed by atoms with E-state index in [-0.39, 0.29) is 6.04 Å². The number of rotatable bonds is 4. The van der Waals surface area contributed by atoms with Gasteiger partial charge in [-0.1, -0.05) is 25.1 Å². The molecule has 1 unspecified atom stereocenters. The first-order chi connectivity index (χ1) is 9.70. The molecule has 20 heavy (non-hydrogen) atoms. The van der Waals surface area contributed by atoms with Gasteiger partial charge in [0.1, 0.15) is 0 Å². The molecule has 0 bridgehead atoms. The number of aryl methyl sites for hydroxylation is 1. The molecule has 3 rings (SSSR count). The van der Waals surface area contributed by atoms with Gasteiger partial charge in [-0.05, 0) is 63.4 Å². The fourth-order valence-corrected chi connectivity index (χ4v) is 5.05. The van der Waals surface area contributed by atoms with Crippen LogP contribution in [0.4, 0.5) is 0 Å². The average molecular weight is 366 g/mol. The number of hydrogen-bond acceptors (Lipinski definition) is 3. The second-order valence-electron chi connectivity index (χ2n) is 4.78. The zero-order valence-electron chi connectivity index (χ0n) is 11.4. The van der Waals surface area contributed by atoms with Crippen molar-refractivity contribution in [3.8, 4) is 0 Å². The van der Waals surface area contributed by atoms with Crippen molar-refractivity contribution in [1.29, 1.82) is 0 Å². The lowest BCUT2D eigenvalue weighted by atomic mass is 10.0. The fraction of sp³-hybridized carbons (Fsp3) is 0.250. The van der Waals surface area contributed by atoms with Gasteiger partial charge in [-0.15, -0.1) is 22.7 Å². The first-order valence-electron chi connectivity index (χ1n) is 6.66. The number of fused-ring (bicyclic) bond motifs is 1. The van der Waals surface area contributed by atoms with Crippen LogP contribution in [-0.4, -0.2) is 6.54 Å². The van der Waals surface area contributed by atoms with Crippen molar-refractivity contribution < 1.29 is 0 Å². The van der Waals surface area contributed by atoms with Gasteiger partial charge in [0, 0.05) is 9.58 Å². The third-order valence-corrected chi connectivity index (χ3v) is 6.57. The van der Waals surface area contributed by atoms with Crippen LogP contribution in [0.3, 0.4) is 0 Å². The van der Waals surface area contributed by atoms with Gasteiger partial charge in [0.15, 0.2) is 0 Å². The highest BCUT2D eigenvalue weighted by Gasteiger charge is 2.19. The van der Waals surface area contributed by atoms with Gasteiger partial charge < -0.3 is 5.32 Å². The van der Waals surface area contributed by atoms with Gasteiger partial charge in [0.05, 0.1) is 9.83 Å². The van der Waals surface area contributed by atoms with Crippen molar-refractivity contribution in [3.63, 3.8) is 0 Å². The minimum atomic E-state index is 0.275. The molecular weight excluding hydrogens is 350 g/mol. The Morgan fingerprint density at radius 1 is 1.30 bits per heavy atom. The molecule has 0 aliphatic carbocycles. The molecule has 104 valence electrons. The van der Waals surface area contributed by atoms with E-state index in [2.05, 4.69) is 70.8 Å². The molecule has 2 heterocycles. The maximum absolute atomic E-state index is 3.64. The number of halogens is 1. The van der Waals surface area contributed by atoms with Gasteiger partial charge in [-0.2, -0.15) is 0 Å². The monoisotopic (exact) mass is 365 g/mol. The molecule has 0 amide bonds. The summed E-state index contributed by atoms with van der Waals surface area (Å²) in [7, 11) is 0. The van der Waals surface area contributed by atoms with Crippen molar-refractivity contribution in [2.45, 2.75) is 19.9 Å². The van der Waals surface area contributed by atoms with Gasteiger partial charge in [-0.3, -0.25) is 0 Å². The second kappa shape index (κ2) is 5.98. The average Bonchev–Trinajstić information content (AvgIpc) is 3.03. The van der Waals surface area contributed by atoms with Gasteiger partial charge >= 0.3 is 0 Å². The lowest BCUT2D eigenvalue weighted by molar-refractivity contribution is 0.644. The summed E-state index contributed by atoms with van der Waals surface area (Å²) in [5.41, 5.74) is 2.69. The summed E-state index contributed by atoms with van der Waals surface area (Å²) >= 11 is 7.30. The lowest BCUT2D eigenvalue weighted by Gasteiger charge is -2.17. The van der Waals surface area contributed by atoms with Crippen molar-refractivity contribution in [3.05, 3.63) is 55.5 Å². The predicted molar refractivity (Wildman–Crippen MR) is 94.1 cm³/mol. The minimum Gasteiger partial charge on any atom is -0.306 e. The van der Waals surface area contributed by atoms with Crippen LogP contribution in [-0.2, 0) is 0 Å². The summed E-state index contributed by atoms with van der Waals surface area (Å²) in [4.78, 5) is 1.37. The van der Waals surface area contributed by atoms with Crippen molar-refractivity contribution in [2.24, 2.45) is 0 Å². The Morgan fingerprint density at radius 3 is 2.85 bits per heavy atom. The Bertz CT molecular complexity index is 709. The molecule has 3 aromatic rings. The van der Waals surface area contributed by atoms with Crippen LogP contribution in [0.1, 0.15) is 29.0 Å². The summed E-state index contributed by atoms with van der Waals surface area (Å²) in [6.45, 7) is 5.27. The molecule has 1 nitrogen and oxygen atoms in total. The van der Waals surface area contributed by atoms with E-state index in [0.29, 0.717) is 0 Å². The minimum absolute atomic E-state index is 0.275. The van der Waals surface area contributed by atoms with Gasteiger partial charge in [0.25, 0.3) is 0 Å².